The zero-order valence-corrected chi connectivity index (χ0v) is 18.0. The summed E-state index contributed by atoms with van der Waals surface area (Å²) in [4.78, 5) is 43.3. The number of carbonyl (C=O) groups excluding carboxylic acids is 2. The van der Waals surface area contributed by atoms with Gasteiger partial charge in [0.15, 0.2) is 5.82 Å². The van der Waals surface area contributed by atoms with E-state index in [2.05, 4.69) is 15.0 Å². The van der Waals surface area contributed by atoms with Crippen LogP contribution < -0.4 is 0 Å². The van der Waals surface area contributed by atoms with E-state index in [-0.39, 0.29) is 17.9 Å². The van der Waals surface area contributed by atoms with Gasteiger partial charge >= 0.3 is 0 Å². The van der Waals surface area contributed by atoms with Crippen molar-refractivity contribution in [1.29, 1.82) is 0 Å². The van der Waals surface area contributed by atoms with Gasteiger partial charge in [-0.1, -0.05) is 6.07 Å². The second kappa shape index (κ2) is 8.63. The zero-order chi connectivity index (χ0) is 22.1. The molecule has 4 heterocycles. The van der Waals surface area contributed by atoms with Gasteiger partial charge in [-0.05, 0) is 44.0 Å². The fourth-order valence-corrected chi connectivity index (χ4v) is 4.45. The number of aromatic nitrogens is 3. The van der Waals surface area contributed by atoms with Gasteiger partial charge in [0, 0.05) is 43.0 Å². The maximum atomic E-state index is 13.3. The van der Waals surface area contributed by atoms with E-state index >= 15 is 0 Å². The second-order valence-electron chi connectivity index (χ2n) is 8.20. The molecule has 0 spiro atoms. The number of benzene rings is 1. The Morgan fingerprint density at radius 1 is 1.06 bits per heavy atom. The van der Waals surface area contributed by atoms with Crippen LogP contribution in [0.25, 0.3) is 10.9 Å². The van der Waals surface area contributed by atoms with Crippen LogP contribution in [0.4, 0.5) is 0 Å². The number of carbonyl (C=O) groups is 2. The molecule has 2 aromatic heterocycles. The molecule has 32 heavy (non-hydrogen) atoms. The number of morpholine rings is 1. The van der Waals surface area contributed by atoms with E-state index in [0.717, 1.165) is 23.7 Å². The molecule has 0 N–H and O–H groups in total. The molecule has 1 atom stereocenters. The third-order valence-electron chi connectivity index (χ3n) is 6.19. The highest BCUT2D eigenvalue weighted by Crippen LogP contribution is 2.32. The fraction of sp³-hybridized carbons (Fsp3) is 0.375. The Labute approximate surface area is 186 Å². The van der Waals surface area contributed by atoms with Crippen molar-refractivity contribution in [2.24, 2.45) is 0 Å². The molecule has 0 bridgehead atoms. The minimum Gasteiger partial charge on any atom is -0.378 e. The molecule has 8 nitrogen and oxygen atoms in total. The van der Waals surface area contributed by atoms with Crippen LogP contribution >= 0.6 is 0 Å². The Bertz CT molecular complexity index is 1180. The molecule has 164 valence electrons. The standard InChI is InChI=1S/C24H25N5O3/c1-16-19(24(31)28-10-12-32-13-11-28)15-26-22(27-16)21-5-3-9-29(21)23(30)18-6-7-20-17(14-18)4-2-8-25-20/h2,4,6-8,14-15,21H,3,5,9-13H2,1H3/t21-/m1/s1. The maximum absolute atomic E-state index is 13.3. The van der Waals surface area contributed by atoms with Crippen molar-refractivity contribution < 1.29 is 14.3 Å². The molecule has 0 saturated carbocycles. The zero-order valence-electron chi connectivity index (χ0n) is 18.0. The lowest BCUT2D eigenvalue weighted by molar-refractivity contribution is 0.0301. The van der Waals surface area contributed by atoms with Crippen LogP contribution in [-0.2, 0) is 4.74 Å². The molecule has 2 saturated heterocycles. The smallest absolute Gasteiger partial charge is 0.257 e. The highest BCUT2D eigenvalue weighted by Gasteiger charge is 2.33. The van der Waals surface area contributed by atoms with E-state index in [9.17, 15) is 9.59 Å². The summed E-state index contributed by atoms with van der Waals surface area (Å²) < 4.78 is 5.33. The van der Waals surface area contributed by atoms with Gasteiger partial charge < -0.3 is 14.5 Å². The summed E-state index contributed by atoms with van der Waals surface area (Å²) in [6, 6.07) is 9.21. The molecule has 5 rings (SSSR count). The molecule has 2 aliphatic heterocycles. The third-order valence-corrected chi connectivity index (χ3v) is 6.19. The molecular weight excluding hydrogens is 406 g/mol. The van der Waals surface area contributed by atoms with Gasteiger partial charge in [-0.15, -0.1) is 0 Å². The summed E-state index contributed by atoms with van der Waals surface area (Å²) in [5.74, 6) is 0.490. The van der Waals surface area contributed by atoms with Gasteiger partial charge in [-0.25, -0.2) is 9.97 Å². The normalized spacial score (nSPS) is 18.8. The van der Waals surface area contributed by atoms with E-state index in [1.165, 1.54) is 0 Å². The fourth-order valence-electron chi connectivity index (χ4n) is 4.45. The van der Waals surface area contributed by atoms with Crippen LogP contribution in [0.15, 0.2) is 42.7 Å². The average molecular weight is 431 g/mol. The van der Waals surface area contributed by atoms with Gasteiger partial charge in [0.25, 0.3) is 11.8 Å². The number of aryl methyl sites for hydroxylation is 1. The van der Waals surface area contributed by atoms with Crippen LogP contribution in [0.2, 0.25) is 0 Å². The van der Waals surface area contributed by atoms with Gasteiger partial charge in [0.05, 0.1) is 36.0 Å². The third kappa shape index (κ3) is 3.82. The molecule has 2 amide bonds. The Morgan fingerprint density at radius 3 is 2.72 bits per heavy atom. The van der Waals surface area contributed by atoms with Crippen molar-refractivity contribution in [2.45, 2.75) is 25.8 Å². The maximum Gasteiger partial charge on any atom is 0.257 e. The van der Waals surface area contributed by atoms with E-state index in [1.54, 1.807) is 17.3 Å². The lowest BCUT2D eigenvalue weighted by Gasteiger charge is -2.27. The summed E-state index contributed by atoms with van der Waals surface area (Å²) >= 11 is 0. The molecular formula is C24H25N5O3. The monoisotopic (exact) mass is 431 g/mol. The van der Waals surface area contributed by atoms with E-state index in [4.69, 9.17) is 4.74 Å². The lowest BCUT2D eigenvalue weighted by atomic mass is 10.1. The summed E-state index contributed by atoms with van der Waals surface area (Å²) in [5, 5.41) is 0.937. The molecule has 0 aliphatic carbocycles. The van der Waals surface area contributed by atoms with Crippen molar-refractivity contribution in [1.82, 2.24) is 24.8 Å². The van der Waals surface area contributed by atoms with Crippen LogP contribution in [0.3, 0.4) is 0 Å². The quantitative estimate of drug-likeness (QED) is 0.634. The van der Waals surface area contributed by atoms with Gasteiger partial charge in [0.2, 0.25) is 0 Å². The van der Waals surface area contributed by atoms with Crippen molar-refractivity contribution in [2.75, 3.05) is 32.8 Å². The molecule has 0 radical (unpaired) electrons. The molecule has 1 aromatic carbocycles. The molecule has 3 aromatic rings. The van der Waals surface area contributed by atoms with Crippen molar-refractivity contribution in [3.05, 3.63) is 65.4 Å². The van der Waals surface area contributed by atoms with Crippen LogP contribution in [0.5, 0.6) is 0 Å². The number of nitrogens with zero attached hydrogens (tertiary/aromatic N) is 5. The topological polar surface area (TPSA) is 88.5 Å². The predicted octanol–water partition coefficient (Wildman–Crippen LogP) is 2.78. The van der Waals surface area contributed by atoms with E-state index in [1.807, 2.05) is 42.2 Å². The van der Waals surface area contributed by atoms with Gasteiger partial charge in [-0.3, -0.25) is 14.6 Å². The number of ether oxygens (including phenoxy) is 1. The molecule has 2 aliphatic rings. The summed E-state index contributed by atoms with van der Waals surface area (Å²) in [5.41, 5.74) is 2.64. The minimum absolute atomic E-state index is 0.0343. The predicted molar refractivity (Wildman–Crippen MR) is 118 cm³/mol. The summed E-state index contributed by atoms with van der Waals surface area (Å²) in [7, 11) is 0. The van der Waals surface area contributed by atoms with Crippen LogP contribution in [0, 0.1) is 6.92 Å². The van der Waals surface area contributed by atoms with Gasteiger partial charge in [-0.2, -0.15) is 0 Å². The number of fused-ring (bicyclic) bond motifs is 1. The largest absolute Gasteiger partial charge is 0.378 e. The SMILES string of the molecule is Cc1nc([C@H]2CCCN2C(=O)c2ccc3ncccc3c2)ncc1C(=O)N1CCOCC1. The van der Waals surface area contributed by atoms with Crippen LogP contribution in [0.1, 0.15) is 51.1 Å². The molecule has 2 fully saturated rings. The Balaban J connectivity index is 1.38. The average Bonchev–Trinajstić information content (AvgIpc) is 3.33. The first-order valence-electron chi connectivity index (χ1n) is 11.0. The summed E-state index contributed by atoms with van der Waals surface area (Å²) in [6.45, 7) is 4.74. The number of likely N-dealkylation sites (tertiary alicyclic amines) is 1. The highest BCUT2D eigenvalue weighted by molar-refractivity contribution is 5.98. The second-order valence-corrected chi connectivity index (χ2v) is 8.20. The first kappa shape index (κ1) is 20.5. The Hall–Kier alpha value is -3.39. The van der Waals surface area contributed by atoms with E-state index in [0.29, 0.717) is 55.5 Å². The number of hydrogen-bond acceptors (Lipinski definition) is 6. The first-order chi connectivity index (χ1) is 15.6. The number of rotatable bonds is 3. The Kier molecular flexibility index (Phi) is 5.53. The van der Waals surface area contributed by atoms with Crippen molar-refractivity contribution in [3.8, 4) is 0 Å². The van der Waals surface area contributed by atoms with E-state index < -0.39 is 0 Å². The van der Waals surface area contributed by atoms with Crippen molar-refractivity contribution >= 4 is 22.7 Å². The number of hydrogen-bond donors (Lipinski definition) is 0. The lowest BCUT2D eigenvalue weighted by Crippen LogP contribution is -2.41. The first-order valence-corrected chi connectivity index (χ1v) is 11.0. The highest BCUT2D eigenvalue weighted by atomic mass is 16.5. The summed E-state index contributed by atoms with van der Waals surface area (Å²) in [6.07, 6.45) is 5.05. The Morgan fingerprint density at radius 2 is 1.91 bits per heavy atom. The molecule has 8 heteroatoms. The number of amides is 2. The molecule has 0 unspecified atom stereocenters. The minimum atomic E-state index is -0.196. The number of pyridine rings is 1. The van der Waals surface area contributed by atoms with Gasteiger partial charge in [0.1, 0.15) is 0 Å². The van der Waals surface area contributed by atoms with Crippen molar-refractivity contribution in [3.63, 3.8) is 0 Å². The van der Waals surface area contributed by atoms with Crippen LogP contribution in [-0.4, -0.2) is 69.4 Å².